The first-order valence-corrected chi connectivity index (χ1v) is 5.59. The smallest absolute Gasteiger partial charge is 0.0605 e. The van der Waals surface area contributed by atoms with Crippen LogP contribution in [0.2, 0.25) is 0 Å². The lowest BCUT2D eigenvalue weighted by molar-refractivity contribution is 0.382. The third-order valence-electron chi connectivity index (χ3n) is 2.91. The summed E-state index contributed by atoms with van der Waals surface area (Å²) in [5.41, 5.74) is 2.68. The van der Waals surface area contributed by atoms with Crippen molar-refractivity contribution in [1.29, 1.82) is 0 Å². The van der Waals surface area contributed by atoms with Crippen molar-refractivity contribution in [1.82, 2.24) is 15.2 Å². The van der Waals surface area contributed by atoms with Crippen molar-refractivity contribution < 1.29 is 0 Å². The first-order chi connectivity index (χ1) is 7.27. The van der Waals surface area contributed by atoms with Gasteiger partial charge in [0.05, 0.1) is 11.7 Å². The van der Waals surface area contributed by atoms with Crippen LogP contribution in [0.1, 0.15) is 23.7 Å². The van der Waals surface area contributed by atoms with Crippen LogP contribution >= 0.6 is 0 Å². The molecule has 82 valence electrons. The molecule has 3 nitrogen and oxygen atoms in total. The van der Waals surface area contributed by atoms with Crippen LogP contribution in [0.3, 0.4) is 0 Å². The van der Waals surface area contributed by atoms with E-state index < -0.39 is 0 Å². The van der Waals surface area contributed by atoms with E-state index in [0.717, 1.165) is 13.1 Å². The molecule has 3 heteroatoms. The Kier molecular flexibility index (Phi) is 3.34. The molecule has 0 saturated heterocycles. The lowest BCUT2D eigenvalue weighted by Gasteiger charge is -2.15. The maximum Gasteiger partial charge on any atom is 0.0605 e. The number of hydrogen-bond donors (Lipinski definition) is 1. The molecule has 0 saturated carbocycles. The Morgan fingerprint density at radius 2 is 2.40 bits per heavy atom. The Bertz CT molecular complexity index is 322. The predicted molar refractivity (Wildman–Crippen MR) is 61.9 cm³/mol. The van der Waals surface area contributed by atoms with E-state index >= 15 is 0 Å². The Hall–Kier alpha value is -0.930. The number of hydrogen-bond acceptors (Lipinski definition) is 3. The highest BCUT2D eigenvalue weighted by Gasteiger charge is 2.22. The summed E-state index contributed by atoms with van der Waals surface area (Å²) in [6, 6.07) is 4.69. The van der Waals surface area contributed by atoms with E-state index in [-0.39, 0.29) is 0 Å². The van der Waals surface area contributed by atoms with Gasteiger partial charge in [0.2, 0.25) is 0 Å². The van der Waals surface area contributed by atoms with Crippen LogP contribution < -0.4 is 5.32 Å². The number of nitrogens with zero attached hydrogens (tertiary/aromatic N) is 2. The molecule has 0 amide bonds. The van der Waals surface area contributed by atoms with Crippen LogP contribution in [-0.4, -0.2) is 37.1 Å². The largest absolute Gasteiger partial charge is 0.308 e. The summed E-state index contributed by atoms with van der Waals surface area (Å²) in [5.74, 6) is 0. The maximum absolute atomic E-state index is 4.46. The molecule has 15 heavy (non-hydrogen) atoms. The Morgan fingerprint density at radius 3 is 3.20 bits per heavy atom. The molecule has 0 radical (unpaired) electrons. The van der Waals surface area contributed by atoms with Crippen molar-refractivity contribution in [2.45, 2.75) is 18.9 Å². The maximum atomic E-state index is 4.46. The number of likely N-dealkylation sites (N-methyl/N-ethyl adjacent to an activating group) is 1. The zero-order valence-electron chi connectivity index (χ0n) is 9.53. The number of fused-ring (bicyclic) bond motifs is 1. The van der Waals surface area contributed by atoms with Crippen LogP contribution in [-0.2, 0) is 6.42 Å². The minimum Gasteiger partial charge on any atom is -0.308 e. The van der Waals surface area contributed by atoms with Gasteiger partial charge in [0.1, 0.15) is 0 Å². The van der Waals surface area contributed by atoms with Gasteiger partial charge in [0, 0.05) is 19.3 Å². The molecule has 0 bridgehead atoms. The van der Waals surface area contributed by atoms with Gasteiger partial charge in [-0.15, -0.1) is 0 Å². The second kappa shape index (κ2) is 4.73. The highest BCUT2D eigenvalue weighted by Crippen LogP contribution is 2.28. The number of aromatic nitrogens is 1. The molecule has 1 aromatic heterocycles. The van der Waals surface area contributed by atoms with E-state index in [9.17, 15) is 0 Å². The number of nitrogens with one attached hydrogen (secondary N) is 1. The van der Waals surface area contributed by atoms with E-state index in [2.05, 4.69) is 35.4 Å². The third-order valence-corrected chi connectivity index (χ3v) is 2.91. The second-order valence-corrected chi connectivity index (χ2v) is 4.40. The SMILES string of the molecule is CN(C)CCNC1CCc2cccnc21. The van der Waals surface area contributed by atoms with Crippen molar-refractivity contribution in [3.63, 3.8) is 0 Å². The van der Waals surface area contributed by atoms with Crippen molar-refractivity contribution >= 4 is 0 Å². The average molecular weight is 205 g/mol. The summed E-state index contributed by atoms with van der Waals surface area (Å²) >= 11 is 0. The van der Waals surface area contributed by atoms with Crippen LogP contribution in [0.4, 0.5) is 0 Å². The predicted octanol–water partition coefficient (Wildman–Crippen LogP) is 1.22. The van der Waals surface area contributed by atoms with Crippen molar-refractivity contribution in [3.05, 3.63) is 29.6 Å². The van der Waals surface area contributed by atoms with Crippen molar-refractivity contribution in [2.75, 3.05) is 27.2 Å². The number of aryl methyl sites for hydroxylation is 1. The van der Waals surface area contributed by atoms with E-state index in [0.29, 0.717) is 6.04 Å². The molecule has 2 rings (SSSR count). The summed E-state index contributed by atoms with van der Waals surface area (Å²) in [4.78, 5) is 6.66. The monoisotopic (exact) mass is 205 g/mol. The average Bonchev–Trinajstić information content (AvgIpc) is 2.62. The summed E-state index contributed by atoms with van der Waals surface area (Å²) in [6.45, 7) is 2.12. The standard InChI is InChI=1S/C12H19N3/c1-15(2)9-8-13-11-6-5-10-4-3-7-14-12(10)11/h3-4,7,11,13H,5-6,8-9H2,1-2H3. The minimum atomic E-state index is 0.473. The lowest BCUT2D eigenvalue weighted by atomic mass is 10.2. The van der Waals surface area contributed by atoms with E-state index in [4.69, 9.17) is 0 Å². The van der Waals surface area contributed by atoms with Gasteiger partial charge in [-0.2, -0.15) is 0 Å². The molecule has 1 N–H and O–H groups in total. The van der Waals surface area contributed by atoms with Gasteiger partial charge < -0.3 is 10.2 Å². The van der Waals surface area contributed by atoms with Crippen molar-refractivity contribution in [2.24, 2.45) is 0 Å². The fourth-order valence-corrected chi connectivity index (χ4v) is 2.07. The second-order valence-electron chi connectivity index (χ2n) is 4.40. The van der Waals surface area contributed by atoms with Gasteiger partial charge >= 0.3 is 0 Å². The van der Waals surface area contributed by atoms with Gasteiger partial charge in [-0.3, -0.25) is 4.98 Å². The molecule has 1 aliphatic rings. The molecule has 1 unspecified atom stereocenters. The molecule has 0 fully saturated rings. The van der Waals surface area contributed by atoms with Gasteiger partial charge in [0.15, 0.2) is 0 Å². The third kappa shape index (κ3) is 2.55. The number of pyridine rings is 1. The lowest BCUT2D eigenvalue weighted by Crippen LogP contribution is -2.29. The first-order valence-electron chi connectivity index (χ1n) is 5.59. The Morgan fingerprint density at radius 1 is 1.53 bits per heavy atom. The molecule has 1 aromatic rings. The summed E-state index contributed by atoms with van der Waals surface area (Å²) in [7, 11) is 4.20. The number of rotatable bonds is 4. The van der Waals surface area contributed by atoms with E-state index in [1.165, 1.54) is 24.1 Å². The zero-order valence-corrected chi connectivity index (χ0v) is 9.53. The topological polar surface area (TPSA) is 28.2 Å². The fourth-order valence-electron chi connectivity index (χ4n) is 2.07. The van der Waals surface area contributed by atoms with Gasteiger partial charge in [-0.1, -0.05) is 6.07 Å². The van der Waals surface area contributed by atoms with Crippen molar-refractivity contribution in [3.8, 4) is 0 Å². The van der Waals surface area contributed by atoms with Crippen LogP contribution in [0.25, 0.3) is 0 Å². The molecule has 0 aliphatic heterocycles. The van der Waals surface area contributed by atoms with Gasteiger partial charge in [0.25, 0.3) is 0 Å². The molecular weight excluding hydrogens is 186 g/mol. The zero-order chi connectivity index (χ0) is 10.7. The molecule has 1 aliphatic carbocycles. The Balaban J connectivity index is 1.90. The molecule has 1 atom stereocenters. The summed E-state index contributed by atoms with van der Waals surface area (Å²) in [6.07, 6.45) is 4.26. The summed E-state index contributed by atoms with van der Waals surface area (Å²) in [5, 5.41) is 3.56. The molecular formula is C12H19N3. The first kappa shape index (κ1) is 10.6. The van der Waals surface area contributed by atoms with Gasteiger partial charge in [-0.25, -0.2) is 0 Å². The van der Waals surface area contributed by atoms with Crippen LogP contribution in [0.15, 0.2) is 18.3 Å². The highest BCUT2D eigenvalue weighted by molar-refractivity contribution is 5.27. The fraction of sp³-hybridized carbons (Fsp3) is 0.583. The normalized spacial score (nSPS) is 19.5. The van der Waals surface area contributed by atoms with E-state index in [1.807, 2.05) is 12.3 Å². The van der Waals surface area contributed by atoms with Crippen LogP contribution in [0.5, 0.6) is 0 Å². The Labute approximate surface area is 91.5 Å². The van der Waals surface area contributed by atoms with Gasteiger partial charge in [-0.05, 0) is 38.6 Å². The summed E-state index contributed by atoms with van der Waals surface area (Å²) < 4.78 is 0. The van der Waals surface area contributed by atoms with Crippen LogP contribution in [0, 0.1) is 0 Å². The minimum absolute atomic E-state index is 0.473. The van der Waals surface area contributed by atoms with E-state index in [1.54, 1.807) is 0 Å². The quantitative estimate of drug-likeness (QED) is 0.801. The molecule has 1 heterocycles. The highest BCUT2D eigenvalue weighted by atomic mass is 15.1. The molecule has 0 aromatic carbocycles. The molecule has 0 spiro atoms.